The molecule has 0 saturated carbocycles. The van der Waals surface area contributed by atoms with Crippen molar-refractivity contribution in [3.63, 3.8) is 0 Å². The number of hydrogen-bond acceptors (Lipinski definition) is 22. The smallest absolute Gasteiger partial charge is 0.324 e. The van der Waals surface area contributed by atoms with E-state index in [9.17, 15) is 38.4 Å². The molecule has 450 valence electrons. The highest BCUT2D eigenvalue weighted by molar-refractivity contribution is 6.04. The maximum Gasteiger partial charge on any atom is 0.324 e. The summed E-state index contributed by atoms with van der Waals surface area (Å²) >= 11 is 0. The van der Waals surface area contributed by atoms with Crippen LogP contribution in [0.5, 0.6) is 0 Å². The molecule has 84 heavy (non-hydrogen) atoms. The Labute approximate surface area is 489 Å². The van der Waals surface area contributed by atoms with Crippen LogP contribution in [0, 0.1) is 21.7 Å². The number of pyridine rings is 4. The third-order valence-electron chi connectivity index (χ3n) is 16.1. The molecule has 0 saturated heterocycles. The fourth-order valence-electron chi connectivity index (χ4n) is 12.1. The summed E-state index contributed by atoms with van der Waals surface area (Å²) in [4.78, 5) is 132. The molecular weight excluding hydrogens is 1080 g/mol. The summed E-state index contributed by atoms with van der Waals surface area (Å²) in [5.74, 6) is -5.29. The van der Waals surface area contributed by atoms with Gasteiger partial charge in [-0.3, -0.25) is 68.1 Å². The number of esters is 8. The lowest BCUT2D eigenvalue weighted by molar-refractivity contribution is -0.173. The summed E-state index contributed by atoms with van der Waals surface area (Å²) < 4.78 is 43.6. The molecule has 0 amide bonds. The van der Waals surface area contributed by atoms with E-state index < -0.39 is 69.4 Å². The van der Waals surface area contributed by atoms with E-state index >= 15 is 0 Å². The summed E-state index contributed by atoms with van der Waals surface area (Å²) in [5, 5.41) is 0. The lowest BCUT2D eigenvalue weighted by atomic mass is 9.84. The van der Waals surface area contributed by atoms with Gasteiger partial charge >= 0.3 is 47.8 Å². The Balaban J connectivity index is 1.14. The van der Waals surface area contributed by atoms with Gasteiger partial charge in [-0.2, -0.15) is 0 Å². The second-order valence-electron chi connectivity index (χ2n) is 21.7. The Bertz CT molecular complexity index is 2680. The van der Waals surface area contributed by atoms with Crippen molar-refractivity contribution < 1.29 is 76.3 Å². The summed E-state index contributed by atoms with van der Waals surface area (Å²) in [6.07, 6.45) is 7.23. The Morgan fingerprint density at radius 2 is 0.476 bits per heavy atom. The first-order chi connectivity index (χ1) is 40.4. The van der Waals surface area contributed by atoms with E-state index in [0.717, 1.165) is 44.5 Å². The van der Waals surface area contributed by atoms with Crippen molar-refractivity contribution in [2.45, 2.75) is 133 Å². The Kier molecular flexibility index (Phi) is 20.0. The monoisotopic (exact) mass is 1160 g/mol. The van der Waals surface area contributed by atoms with Crippen molar-refractivity contribution in [2.24, 2.45) is 21.7 Å². The van der Waals surface area contributed by atoms with E-state index in [0.29, 0.717) is 35.9 Å². The minimum Gasteiger partial charge on any atom is -0.465 e. The maximum absolute atomic E-state index is 13.6. The van der Waals surface area contributed by atoms with Gasteiger partial charge in [-0.15, -0.1) is 0 Å². The molecule has 22 heteroatoms. The normalized spacial score (nSPS) is 16.2. The summed E-state index contributed by atoms with van der Waals surface area (Å²) in [6.45, 7) is 15.8. The predicted molar refractivity (Wildman–Crippen MR) is 298 cm³/mol. The first-order valence-corrected chi connectivity index (χ1v) is 29.1. The average Bonchev–Trinajstić information content (AvgIpc) is 2.34. The molecule has 0 aliphatic heterocycles. The highest BCUT2D eigenvalue weighted by Crippen LogP contribution is 2.44. The van der Waals surface area contributed by atoms with E-state index in [4.69, 9.17) is 57.8 Å². The lowest BCUT2D eigenvalue weighted by Crippen LogP contribution is -2.43. The van der Waals surface area contributed by atoms with E-state index in [1.807, 2.05) is 24.3 Å². The SMILES string of the molecule is CCOC(=O)C1(C(=O)OCC)Cc2cnc(CN(CCN(Cc3cc4c(cn3)CC(C(=O)OCC)(C(=O)OCC)C4)Cc3cc4c(cn3)CC(C(=O)OCC)(C(=O)OCC)C4)Cc3cc4c(cn3)CC(C(=O)OCC)(C(=O)OCC)C4)cc2C1. The number of carbonyl (C=O) groups excluding carboxylic acids is 8. The van der Waals surface area contributed by atoms with Crippen molar-refractivity contribution in [2.75, 3.05) is 65.9 Å². The number of rotatable bonds is 27. The summed E-state index contributed by atoms with van der Waals surface area (Å²) in [5.41, 5.74) is 2.14. The summed E-state index contributed by atoms with van der Waals surface area (Å²) in [6, 6.07) is 7.58. The first kappa shape index (κ1) is 62.3. The molecule has 0 N–H and O–H groups in total. The Hall–Kier alpha value is -7.72. The van der Waals surface area contributed by atoms with Gasteiger partial charge < -0.3 is 37.9 Å². The van der Waals surface area contributed by atoms with Crippen LogP contribution in [-0.4, -0.2) is 143 Å². The molecule has 4 aromatic heterocycles. The number of aromatic nitrogens is 4. The van der Waals surface area contributed by atoms with Crippen LogP contribution < -0.4 is 0 Å². The molecule has 4 aromatic rings. The Morgan fingerprint density at radius 3 is 0.643 bits per heavy atom. The van der Waals surface area contributed by atoms with Crippen LogP contribution in [0.25, 0.3) is 0 Å². The fourth-order valence-corrected chi connectivity index (χ4v) is 12.1. The molecule has 4 aliphatic rings. The molecule has 8 rings (SSSR count). The lowest BCUT2D eigenvalue weighted by Gasteiger charge is -2.28. The number of hydrogen-bond donors (Lipinski definition) is 0. The molecule has 0 unspecified atom stereocenters. The molecule has 0 aromatic carbocycles. The third-order valence-corrected chi connectivity index (χ3v) is 16.1. The first-order valence-electron chi connectivity index (χ1n) is 29.1. The van der Waals surface area contributed by atoms with Gasteiger partial charge in [0.15, 0.2) is 21.7 Å². The van der Waals surface area contributed by atoms with E-state index in [2.05, 4.69) is 9.80 Å². The topological polar surface area (TPSA) is 268 Å². The number of fused-ring (bicyclic) bond motifs is 4. The largest absolute Gasteiger partial charge is 0.465 e. The average molecular weight is 1160 g/mol. The standard InChI is InChI=1S/C62H76N6O16/c1-9-77-51(69)59(52(70)78-10-2)23-39-19-47(63-31-43(39)27-59)35-67(36-48-20-40-24-60(53(71)79-11-3,54(72)80-12-4)28-44(40)32-64-48)17-18-68(37-49-21-41-25-61(55(73)81-13-5,56(74)82-14-6)29-45(41)33-65-49)38-50-22-42-26-62(57(75)83-15-7,58(76)84-16-8)30-46(42)34-66-50/h19-22,31-34H,9-18,23-30,35-38H2,1-8H3. The van der Waals surface area contributed by atoms with Crippen LogP contribution in [0.2, 0.25) is 0 Å². The zero-order valence-electron chi connectivity index (χ0n) is 49.4. The minimum absolute atomic E-state index is 0.0569. The van der Waals surface area contributed by atoms with Crippen molar-refractivity contribution in [3.05, 3.63) is 116 Å². The van der Waals surface area contributed by atoms with Crippen LogP contribution in [0.4, 0.5) is 0 Å². The highest BCUT2D eigenvalue weighted by atomic mass is 16.6. The van der Waals surface area contributed by atoms with Crippen molar-refractivity contribution in [3.8, 4) is 0 Å². The Morgan fingerprint density at radius 1 is 0.310 bits per heavy atom. The molecule has 0 bridgehead atoms. The van der Waals surface area contributed by atoms with Gasteiger partial charge in [-0.25, -0.2) is 0 Å². The predicted octanol–water partition coefficient (Wildman–Crippen LogP) is 4.82. The molecule has 22 nitrogen and oxygen atoms in total. The van der Waals surface area contributed by atoms with Gasteiger partial charge in [0, 0.05) is 89.7 Å². The van der Waals surface area contributed by atoms with E-state index in [-0.39, 0.29) is 130 Å². The summed E-state index contributed by atoms with van der Waals surface area (Å²) in [7, 11) is 0. The molecule has 4 heterocycles. The van der Waals surface area contributed by atoms with Crippen LogP contribution >= 0.6 is 0 Å². The van der Waals surface area contributed by atoms with Gasteiger partial charge in [0.05, 0.1) is 75.6 Å². The second-order valence-corrected chi connectivity index (χ2v) is 21.7. The zero-order chi connectivity index (χ0) is 60.4. The molecular formula is C62H76N6O16. The van der Waals surface area contributed by atoms with Gasteiger partial charge in [-0.1, -0.05) is 0 Å². The third kappa shape index (κ3) is 12.7. The van der Waals surface area contributed by atoms with Gasteiger partial charge in [-0.05, 0) is 150 Å². The number of nitrogens with zero attached hydrogens (tertiary/aromatic N) is 6. The van der Waals surface area contributed by atoms with E-state index in [1.165, 1.54) is 0 Å². The number of ether oxygens (including phenoxy) is 8. The van der Waals surface area contributed by atoms with Crippen molar-refractivity contribution >= 4 is 47.8 Å². The van der Waals surface area contributed by atoms with Gasteiger partial charge in [0.25, 0.3) is 0 Å². The van der Waals surface area contributed by atoms with Crippen LogP contribution in [0.1, 0.15) is 123 Å². The second kappa shape index (κ2) is 26.9. The molecule has 4 aliphatic carbocycles. The highest BCUT2D eigenvalue weighted by Gasteiger charge is 2.56. The van der Waals surface area contributed by atoms with Gasteiger partial charge in [0.2, 0.25) is 0 Å². The van der Waals surface area contributed by atoms with Gasteiger partial charge in [0.1, 0.15) is 0 Å². The number of carbonyl (C=O) groups is 8. The quantitative estimate of drug-likeness (QED) is 0.0440. The van der Waals surface area contributed by atoms with Crippen LogP contribution in [-0.2, 0) is 154 Å². The minimum atomic E-state index is -1.57. The fraction of sp³-hybridized carbons (Fsp3) is 0.548. The van der Waals surface area contributed by atoms with Crippen LogP contribution in [0.3, 0.4) is 0 Å². The maximum atomic E-state index is 13.6. The molecule has 0 spiro atoms. The molecule has 0 fully saturated rings. The molecule has 0 radical (unpaired) electrons. The van der Waals surface area contributed by atoms with Crippen LogP contribution in [0.15, 0.2) is 49.1 Å². The van der Waals surface area contributed by atoms with E-state index in [1.54, 1.807) is 80.2 Å². The van der Waals surface area contributed by atoms with Crippen molar-refractivity contribution in [1.82, 2.24) is 29.7 Å². The molecule has 0 atom stereocenters. The van der Waals surface area contributed by atoms with Crippen molar-refractivity contribution in [1.29, 1.82) is 0 Å². The zero-order valence-corrected chi connectivity index (χ0v) is 49.4.